The van der Waals surface area contributed by atoms with E-state index in [-0.39, 0.29) is 5.75 Å². The van der Waals surface area contributed by atoms with Crippen molar-refractivity contribution in [2.75, 3.05) is 6.61 Å². The molecule has 0 amide bonds. The van der Waals surface area contributed by atoms with Crippen molar-refractivity contribution in [3.05, 3.63) is 24.3 Å². The van der Waals surface area contributed by atoms with Crippen LogP contribution in [0.2, 0.25) is 0 Å². The summed E-state index contributed by atoms with van der Waals surface area (Å²) in [5, 5.41) is 47.1. The molecule has 2 unspecified atom stereocenters. The minimum atomic E-state index is -1.48. The van der Waals surface area contributed by atoms with Gasteiger partial charge in [0.05, 0.1) is 6.61 Å². The fourth-order valence-corrected chi connectivity index (χ4v) is 1.82. The zero-order chi connectivity index (χ0) is 14.0. The summed E-state index contributed by atoms with van der Waals surface area (Å²) in [6.45, 7) is -0.514. The fourth-order valence-electron chi connectivity index (χ4n) is 1.82. The summed E-state index contributed by atoms with van der Waals surface area (Å²) < 4.78 is 10.5. The van der Waals surface area contributed by atoms with Gasteiger partial charge in [0.2, 0.25) is 6.29 Å². The number of phenolic OH excluding ortho intramolecular Hbond substituents is 1. The highest BCUT2D eigenvalue weighted by Crippen LogP contribution is 2.25. The van der Waals surface area contributed by atoms with Gasteiger partial charge in [-0.3, -0.25) is 0 Å². The standard InChI is InChI=1S/C12H16O7/c13-5-8-9(15)10(16)11(17)12(19-8)18-7-3-1-6(14)2-4-7/h1-4,8-17H,5H2/t8?,9-,10-,11?,12-/m1/s1. The van der Waals surface area contributed by atoms with Crippen molar-refractivity contribution >= 4 is 0 Å². The molecular weight excluding hydrogens is 256 g/mol. The van der Waals surface area contributed by atoms with E-state index in [1.807, 2.05) is 0 Å². The maximum atomic E-state index is 9.75. The Labute approximate surface area is 109 Å². The number of phenols is 1. The molecule has 5 N–H and O–H groups in total. The lowest BCUT2D eigenvalue weighted by molar-refractivity contribution is -0.277. The Bertz CT molecular complexity index is 405. The van der Waals surface area contributed by atoms with E-state index in [0.717, 1.165) is 0 Å². The van der Waals surface area contributed by atoms with Crippen LogP contribution in [0, 0.1) is 0 Å². The van der Waals surface area contributed by atoms with Crippen molar-refractivity contribution in [1.29, 1.82) is 0 Å². The molecule has 0 radical (unpaired) electrons. The number of aliphatic hydroxyl groups is 4. The zero-order valence-corrected chi connectivity index (χ0v) is 9.96. The molecular formula is C12H16O7. The molecule has 1 saturated heterocycles. The molecule has 0 bridgehead atoms. The number of aliphatic hydroxyl groups excluding tert-OH is 4. The third kappa shape index (κ3) is 2.96. The molecule has 7 nitrogen and oxygen atoms in total. The van der Waals surface area contributed by atoms with Gasteiger partial charge >= 0.3 is 0 Å². The van der Waals surface area contributed by atoms with Crippen molar-refractivity contribution in [3.63, 3.8) is 0 Å². The average Bonchev–Trinajstić information content (AvgIpc) is 2.42. The van der Waals surface area contributed by atoms with Crippen LogP contribution in [0.1, 0.15) is 0 Å². The van der Waals surface area contributed by atoms with Crippen molar-refractivity contribution < 1.29 is 35.0 Å². The number of ether oxygens (including phenoxy) is 2. The van der Waals surface area contributed by atoms with Gasteiger partial charge in [-0.05, 0) is 24.3 Å². The molecule has 2 rings (SSSR count). The van der Waals surface area contributed by atoms with Gasteiger partial charge in [0, 0.05) is 0 Å². The average molecular weight is 272 g/mol. The Morgan fingerprint density at radius 2 is 1.63 bits per heavy atom. The predicted molar refractivity (Wildman–Crippen MR) is 62.5 cm³/mol. The first-order chi connectivity index (χ1) is 9.02. The molecule has 1 aliphatic heterocycles. The lowest BCUT2D eigenvalue weighted by Gasteiger charge is -2.39. The molecule has 1 heterocycles. The highest BCUT2D eigenvalue weighted by molar-refractivity contribution is 5.30. The van der Waals surface area contributed by atoms with Crippen LogP contribution in [0.25, 0.3) is 0 Å². The SMILES string of the molecule is OCC1O[C@@H](Oc2ccc(O)cc2)C(O)[C@H](O)[C@@H]1O. The molecule has 1 aliphatic rings. The molecule has 7 heteroatoms. The molecule has 0 aromatic heterocycles. The monoisotopic (exact) mass is 272 g/mol. The Morgan fingerprint density at radius 3 is 2.21 bits per heavy atom. The summed E-state index contributed by atoms with van der Waals surface area (Å²) in [5.41, 5.74) is 0. The molecule has 1 aromatic rings. The van der Waals surface area contributed by atoms with E-state index in [0.29, 0.717) is 5.75 Å². The van der Waals surface area contributed by atoms with E-state index >= 15 is 0 Å². The van der Waals surface area contributed by atoms with E-state index in [1.54, 1.807) is 0 Å². The molecule has 1 aromatic carbocycles. The molecule has 0 aliphatic carbocycles. The van der Waals surface area contributed by atoms with E-state index in [9.17, 15) is 15.3 Å². The molecule has 0 saturated carbocycles. The summed E-state index contributed by atoms with van der Waals surface area (Å²) in [6, 6.07) is 5.69. The topological polar surface area (TPSA) is 120 Å². The van der Waals surface area contributed by atoms with Gasteiger partial charge in [-0.2, -0.15) is 0 Å². The van der Waals surface area contributed by atoms with E-state index in [4.69, 9.17) is 19.7 Å². The first kappa shape index (κ1) is 14.0. The summed E-state index contributed by atoms with van der Waals surface area (Å²) in [7, 11) is 0. The molecule has 5 atom stereocenters. The quantitative estimate of drug-likeness (QED) is 0.457. The number of aromatic hydroxyl groups is 1. The molecule has 106 valence electrons. The van der Waals surface area contributed by atoms with Crippen molar-refractivity contribution in [1.82, 2.24) is 0 Å². The van der Waals surface area contributed by atoms with Crippen molar-refractivity contribution in [3.8, 4) is 11.5 Å². The Balaban J connectivity index is 2.08. The van der Waals surface area contributed by atoms with Gasteiger partial charge in [0.15, 0.2) is 0 Å². The third-order valence-electron chi connectivity index (χ3n) is 2.94. The molecule has 1 fully saturated rings. The lowest BCUT2D eigenvalue weighted by atomic mass is 9.99. The van der Waals surface area contributed by atoms with E-state index in [1.165, 1.54) is 24.3 Å². The van der Waals surface area contributed by atoms with Gasteiger partial charge in [-0.15, -0.1) is 0 Å². The highest BCUT2D eigenvalue weighted by Gasteiger charge is 2.44. The summed E-state index contributed by atoms with van der Waals surface area (Å²) >= 11 is 0. The van der Waals surface area contributed by atoms with Gasteiger partial charge < -0.3 is 35.0 Å². The summed E-state index contributed by atoms with van der Waals surface area (Å²) in [4.78, 5) is 0. The van der Waals surface area contributed by atoms with Gasteiger partial charge in [-0.1, -0.05) is 0 Å². The maximum Gasteiger partial charge on any atom is 0.229 e. The number of rotatable bonds is 3. The van der Waals surface area contributed by atoms with E-state index < -0.39 is 37.3 Å². The normalized spacial score (nSPS) is 35.1. The molecule has 0 spiro atoms. The lowest BCUT2D eigenvalue weighted by Crippen LogP contribution is -2.60. The smallest absolute Gasteiger partial charge is 0.229 e. The first-order valence-electron chi connectivity index (χ1n) is 5.79. The minimum absolute atomic E-state index is 0.0566. The van der Waals surface area contributed by atoms with Crippen molar-refractivity contribution in [2.45, 2.75) is 30.7 Å². The van der Waals surface area contributed by atoms with Crippen LogP contribution in [0.15, 0.2) is 24.3 Å². The van der Waals surface area contributed by atoms with Crippen LogP contribution >= 0.6 is 0 Å². The van der Waals surface area contributed by atoms with Crippen LogP contribution in [-0.4, -0.2) is 62.8 Å². The number of hydrogen-bond acceptors (Lipinski definition) is 7. The maximum absolute atomic E-state index is 9.75. The Morgan fingerprint density at radius 1 is 1.00 bits per heavy atom. The number of benzene rings is 1. The van der Waals surface area contributed by atoms with Gasteiger partial charge in [-0.25, -0.2) is 0 Å². The van der Waals surface area contributed by atoms with Crippen LogP contribution < -0.4 is 4.74 Å². The first-order valence-corrected chi connectivity index (χ1v) is 5.79. The van der Waals surface area contributed by atoms with Gasteiger partial charge in [0.1, 0.15) is 35.9 Å². The van der Waals surface area contributed by atoms with Crippen LogP contribution in [0.4, 0.5) is 0 Å². The second kappa shape index (κ2) is 5.72. The minimum Gasteiger partial charge on any atom is -0.508 e. The zero-order valence-electron chi connectivity index (χ0n) is 9.96. The second-order valence-corrected chi connectivity index (χ2v) is 4.31. The highest BCUT2D eigenvalue weighted by atomic mass is 16.7. The molecule has 19 heavy (non-hydrogen) atoms. The fraction of sp³-hybridized carbons (Fsp3) is 0.500. The van der Waals surface area contributed by atoms with Crippen LogP contribution in [0.5, 0.6) is 11.5 Å². The van der Waals surface area contributed by atoms with Gasteiger partial charge in [0.25, 0.3) is 0 Å². The van der Waals surface area contributed by atoms with E-state index in [2.05, 4.69) is 0 Å². The van der Waals surface area contributed by atoms with Crippen LogP contribution in [0.3, 0.4) is 0 Å². The summed E-state index contributed by atoms with van der Waals surface area (Å²) in [6.07, 6.45) is -6.58. The predicted octanol–water partition coefficient (Wildman–Crippen LogP) is -1.43. The van der Waals surface area contributed by atoms with Crippen molar-refractivity contribution in [2.24, 2.45) is 0 Å². The Hall–Kier alpha value is -1.38. The Kier molecular flexibility index (Phi) is 4.23. The largest absolute Gasteiger partial charge is 0.508 e. The third-order valence-corrected chi connectivity index (χ3v) is 2.94. The number of hydrogen-bond donors (Lipinski definition) is 5. The second-order valence-electron chi connectivity index (χ2n) is 4.31. The summed E-state index contributed by atoms with van der Waals surface area (Å²) in [5.74, 6) is 0.364. The van der Waals surface area contributed by atoms with Crippen LogP contribution in [-0.2, 0) is 4.74 Å².